The van der Waals surface area contributed by atoms with Crippen molar-refractivity contribution in [2.45, 2.75) is 25.4 Å². The van der Waals surface area contributed by atoms with Gasteiger partial charge in [0.05, 0.1) is 5.69 Å². The van der Waals surface area contributed by atoms with Crippen molar-refractivity contribution in [1.29, 1.82) is 0 Å². The van der Waals surface area contributed by atoms with Crippen molar-refractivity contribution >= 4 is 11.7 Å². The zero-order chi connectivity index (χ0) is 14.1. The lowest BCUT2D eigenvalue weighted by Crippen LogP contribution is -2.18. The van der Waals surface area contributed by atoms with Gasteiger partial charge in [-0.05, 0) is 36.5 Å². The molecule has 4 heteroatoms. The molecule has 104 valence electrons. The van der Waals surface area contributed by atoms with Crippen molar-refractivity contribution in [3.63, 3.8) is 0 Å². The van der Waals surface area contributed by atoms with Gasteiger partial charge in [0.1, 0.15) is 11.8 Å². The highest BCUT2D eigenvalue weighted by atomic mass is 16.5. The Balaban J connectivity index is 1.82. The van der Waals surface area contributed by atoms with Gasteiger partial charge in [0.2, 0.25) is 0 Å². The fourth-order valence-electron chi connectivity index (χ4n) is 2.81. The maximum absolute atomic E-state index is 12.3. The number of ether oxygens (including phenoxy) is 1. The van der Waals surface area contributed by atoms with Crippen molar-refractivity contribution in [2.75, 3.05) is 5.73 Å². The molecule has 1 heterocycles. The van der Waals surface area contributed by atoms with Crippen LogP contribution in [-0.4, -0.2) is 10.5 Å². The highest BCUT2D eigenvalue weighted by molar-refractivity contribution is 5.89. The Kier molecular flexibility index (Phi) is 3.22. The number of rotatable bonds is 2. The summed E-state index contributed by atoms with van der Waals surface area (Å²) in [7, 11) is 1.79. The average Bonchev–Trinajstić information content (AvgIpc) is 2.78. The van der Waals surface area contributed by atoms with Crippen LogP contribution in [0.25, 0.3) is 0 Å². The van der Waals surface area contributed by atoms with E-state index in [-0.39, 0.29) is 12.1 Å². The molecule has 1 unspecified atom stereocenters. The van der Waals surface area contributed by atoms with Crippen LogP contribution >= 0.6 is 0 Å². The van der Waals surface area contributed by atoms with Crippen LogP contribution < -0.4 is 5.73 Å². The van der Waals surface area contributed by atoms with Gasteiger partial charge in [-0.1, -0.05) is 24.3 Å². The highest BCUT2D eigenvalue weighted by Crippen LogP contribution is 2.33. The standard InChI is InChI=1S/C16H18N2O2/c1-18-10-12(17)9-14(18)16(19)20-15-8-4-6-11-5-2-3-7-13(11)15/h2-3,5,7,9-10,15H,4,6,8,17H2,1H3. The second kappa shape index (κ2) is 5.04. The molecule has 0 spiro atoms. The SMILES string of the molecule is Cn1cc(N)cc1C(=O)OC1CCCc2ccccc21. The van der Waals surface area contributed by atoms with Crippen molar-refractivity contribution in [3.05, 3.63) is 53.3 Å². The molecule has 0 fully saturated rings. The molecule has 1 aliphatic rings. The number of carbonyl (C=O) groups is 1. The van der Waals surface area contributed by atoms with Gasteiger partial charge < -0.3 is 15.0 Å². The van der Waals surface area contributed by atoms with E-state index in [0.717, 1.165) is 24.8 Å². The van der Waals surface area contributed by atoms with Crippen LogP contribution in [0.5, 0.6) is 0 Å². The van der Waals surface area contributed by atoms with Crippen molar-refractivity contribution in [3.8, 4) is 0 Å². The number of aromatic nitrogens is 1. The molecule has 0 amide bonds. The van der Waals surface area contributed by atoms with Gasteiger partial charge in [0.15, 0.2) is 0 Å². The molecule has 0 bridgehead atoms. The summed E-state index contributed by atoms with van der Waals surface area (Å²) >= 11 is 0. The molecule has 2 aromatic rings. The first-order valence-corrected chi connectivity index (χ1v) is 6.86. The predicted octanol–water partition coefficient (Wildman–Crippen LogP) is 2.84. The number of anilines is 1. The summed E-state index contributed by atoms with van der Waals surface area (Å²) in [6.45, 7) is 0. The second-order valence-electron chi connectivity index (χ2n) is 5.25. The topological polar surface area (TPSA) is 57.2 Å². The first-order valence-electron chi connectivity index (χ1n) is 6.86. The molecule has 20 heavy (non-hydrogen) atoms. The minimum absolute atomic E-state index is 0.149. The molecule has 1 aromatic carbocycles. The molecule has 0 saturated heterocycles. The van der Waals surface area contributed by atoms with E-state index >= 15 is 0 Å². The number of nitrogen functional groups attached to an aromatic ring is 1. The van der Waals surface area contributed by atoms with Gasteiger partial charge in [-0.25, -0.2) is 4.79 Å². The number of carbonyl (C=O) groups excluding carboxylic acids is 1. The normalized spacial score (nSPS) is 17.6. The Morgan fingerprint density at radius 3 is 2.95 bits per heavy atom. The zero-order valence-corrected chi connectivity index (χ0v) is 11.5. The molecular weight excluding hydrogens is 252 g/mol. The molecule has 0 aliphatic heterocycles. The number of hydrogen-bond acceptors (Lipinski definition) is 3. The third kappa shape index (κ3) is 2.29. The molecule has 2 N–H and O–H groups in total. The van der Waals surface area contributed by atoms with E-state index in [1.54, 1.807) is 23.9 Å². The van der Waals surface area contributed by atoms with Crippen LogP contribution in [0.4, 0.5) is 5.69 Å². The van der Waals surface area contributed by atoms with Crippen molar-refractivity contribution in [2.24, 2.45) is 7.05 Å². The first kappa shape index (κ1) is 12.8. The lowest BCUT2D eigenvalue weighted by molar-refractivity contribution is 0.0245. The van der Waals surface area contributed by atoms with Gasteiger partial charge in [0, 0.05) is 13.2 Å². The Morgan fingerprint density at radius 1 is 1.40 bits per heavy atom. The minimum atomic E-state index is -0.314. The Morgan fingerprint density at radius 2 is 2.20 bits per heavy atom. The number of nitrogens with zero attached hydrogens (tertiary/aromatic N) is 1. The number of aryl methyl sites for hydroxylation is 2. The molecule has 3 rings (SSSR count). The van der Waals surface area contributed by atoms with Crippen LogP contribution in [-0.2, 0) is 18.2 Å². The first-order chi connectivity index (χ1) is 9.65. The van der Waals surface area contributed by atoms with Gasteiger partial charge in [-0.3, -0.25) is 0 Å². The number of benzene rings is 1. The van der Waals surface area contributed by atoms with Crippen LogP contribution in [0.1, 0.15) is 40.6 Å². The largest absolute Gasteiger partial charge is 0.453 e. The third-order valence-electron chi connectivity index (χ3n) is 3.80. The van der Waals surface area contributed by atoms with E-state index in [1.807, 2.05) is 18.2 Å². The monoisotopic (exact) mass is 270 g/mol. The van der Waals surface area contributed by atoms with Crippen LogP contribution in [0.15, 0.2) is 36.5 Å². The zero-order valence-electron chi connectivity index (χ0n) is 11.5. The van der Waals surface area contributed by atoms with Gasteiger partial charge >= 0.3 is 5.97 Å². The summed E-state index contributed by atoms with van der Waals surface area (Å²) in [6.07, 6.45) is 4.54. The maximum Gasteiger partial charge on any atom is 0.355 e. The van der Waals surface area contributed by atoms with Crippen LogP contribution in [0.2, 0.25) is 0 Å². The fraction of sp³-hybridized carbons (Fsp3) is 0.312. The van der Waals surface area contributed by atoms with E-state index in [9.17, 15) is 4.79 Å². The number of nitrogens with two attached hydrogens (primary N) is 1. The molecule has 0 radical (unpaired) electrons. The van der Waals surface area contributed by atoms with Crippen LogP contribution in [0, 0.1) is 0 Å². The van der Waals surface area contributed by atoms with E-state index in [2.05, 4.69) is 6.07 Å². The predicted molar refractivity (Wildman–Crippen MR) is 77.4 cm³/mol. The lowest BCUT2D eigenvalue weighted by Gasteiger charge is -2.25. The molecule has 0 saturated carbocycles. The van der Waals surface area contributed by atoms with E-state index in [4.69, 9.17) is 10.5 Å². The summed E-state index contributed by atoms with van der Waals surface area (Å²) in [6, 6.07) is 9.82. The molecular formula is C16H18N2O2. The van der Waals surface area contributed by atoms with Gasteiger partial charge in [-0.2, -0.15) is 0 Å². The van der Waals surface area contributed by atoms with Crippen molar-refractivity contribution < 1.29 is 9.53 Å². The highest BCUT2D eigenvalue weighted by Gasteiger charge is 2.24. The van der Waals surface area contributed by atoms with E-state index in [0.29, 0.717) is 11.4 Å². The van der Waals surface area contributed by atoms with Crippen molar-refractivity contribution in [1.82, 2.24) is 4.57 Å². The lowest BCUT2D eigenvalue weighted by atomic mass is 9.89. The van der Waals surface area contributed by atoms with Crippen LogP contribution in [0.3, 0.4) is 0 Å². The van der Waals surface area contributed by atoms with E-state index < -0.39 is 0 Å². The summed E-state index contributed by atoms with van der Waals surface area (Å²) < 4.78 is 7.38. The molecule has 1 atom stereocenters. The van der Waals surface area contributed by atoms with Gasteiger partial charge in [-0.15, -0.1) is 0 Å². The van der Waals surface area contributed by atoms with Gasteiger partial charge in [0.25, 0.3) is 0 Å². The minimum Gasteiger partial charge on any atom is -0.453 e. The summed E-state index contributed by atoms with van der Waals surface area (Å²) in [5, 5.41) is 0. The molecule has 1 aromatic heterocycles. The molecule has 1 aliphatic carbocycles. The summed E-state index contributed by atoms with van der Waals surface area (Å²) in [5.74, 6) is -0.314. The Bertz CT molecular complexity index is 646. The Labute approximate surface area is 118 Å². The quantitative estimate of drug-likeness (QED) is 0.854. The number of hydrogen-bond donors (Lipinski definition) is 1. The second-order valence-corrected chi connectivity index (χ2v) is 5.25. The number of fused-ring (bicyclic) bond motifs is 1. The average molecular weight is 270 g/mol. The third-order valence-corrected chi connectivity index (χ3v) is 3.80. The number of esters is 1. The maximum atomic E-state index is 12.3. The summed E-state index contributed by atoms with van der Waals surface area (Å²) in [4.78, 5) is 12.3. The smallest absolute Gasteiger partial charge is 0.355 e. The Hall–Kier alpha value is -2.23. The fourth-order valence-corrected chi connectivity index (χ4v) is 2.81. The summed E-state index contributed by atoms with van der Waals surface area (Å²) in [5.41, 5.74) is 9.18. The van der Waals surface area contributed by atoms with E-state index in [1.165, 1.54) is 5.56 Å². The molecule has 4 nitrogen and oxygen atoms in total.